The van der Waals surface area contributed by atoms with Crippen molar-refractivity contribution in [3.63, 3.8) is 0 Å². The third-order valence-electron chi connectivity index (χ3n) is 6.66. The SMILES string of the molecule is CCNC(=NCC(C)(C)S(C)(=O)=O)N1CCC2C(CCCN2Cc2ccccc2)C1.I. The monoisotopic (exact) mass is 562 g/mol. The number of aliphatic imine (C=N–C) groups is 1. The minimum Gasteiger partial charge on any atom is -0.357 e. The van der Waals surface area contributed by atoms with Gasteiger partial charge < -0.3 is 10.2 Å². The van der Waals surface area contributed by atoms with E-state index in [9.17, 15) is 8.42 Å². The Morgan fingerprint density at radius 2 is 1.90 bits per heavy atom. The van der Waals surface area contributed by atoms with Gasteiger partial charge >= 0.3 is 0 Å². The highest BCUT2D eigenvalue weighted by Gasteiger charge is 2.37. The number of likely N-dealkylation sites (tertiary alicyclic amines) is 2. The number of rotatable bonds is 6. The standard InChI is InChI=1S/C23H38N4O2S.HI/c1-5-24-22(25-18-23(2,3)30(4,28)29)27-15-13-21-20(17-27)12-9-14-26(21)16-19-10-7-6-8-11-19;/h6-8,10-11,20-21H,5,9,12-18H2,1-4H3,(H,24,25);1H. The highest BCUT2D eigenvalue weighted by molar-refractivity contribution is 14.0. The largest absolute Gasteiger partial charge is 0.357 e. The zero-order chi connectivity index (χ0) is 21.8. The molecule has 0 saturated carbocycles. The van der Waals surface area contributed by atoms with Crippen molar-refractivity contribution < 1.29 is 8.42 Å². The number of hydrogen-bond donors (Lipinski definition) is 1. The predicted octanol–water partition coefficient (Wildman–Crippen LogP) is 3.38. The first-order chi connectivity index (χ1) is 14.2. The normalized spacial score (nSPS) is 23.1. The lowest BCUT2D eigenvalue weighted by molar-refractivity contribution is 0.0372. The predicted molar refractivity (Wildman–Crippen MR) is 140 cm³/mol. The number of halogens is 1. The van der Waals surface area contributed by atoms with E-state index < -0.39 is 14.6 Å². The lowest BCUT2D eigenvalue weighted by Crippen LogP contribution is -2.56. The van der Waals surface area contributed by atoms with Gasteiger partial charge in [0.1, 0.15) is 0 Å². The molecule has 31 heavy (non-hydrogen) atoms. The van der Waals surface area contributed by atoms with E-state index in [1.807, 2.05) is 0 Å². The van der Waals surface area contributed by atoms with E-state index in [0.29, 0.717) is 12.0 Å². The van der Waals surface area contributed by atoms with Crippen LogP contribution in [0.1, 0.15) is 45.6 Å². The van der Waals surface area contributed by atoms with Crippen molar-refractivity contribution in [2.75, 3.05) is 39.0 Å². The van der Waals surface area contributed by atoms with Crippen LogP contribution in [0.2, 0.25) is 0 Å². The molecule has 176 valence electrons. The second-order valence-corrected chi connectivity index (χ2v) is 12.0. The number of nitrogens with zero attached hydrogens (tertiary/aromatic N) is 3. The third-order valence-corrected chi connectivity index (χ3v) is 8.80. The van der Waals surface area contributed by atoms with Gasteiger partial charge in [-0.05, 0) is 58.1 Å². The van der Waals surface area contributed by atoms with E-state index in [-0.39, 0.29) is 30.5 Å². The number of guanidine groups is 1. The zero-order valence-electron chi connectivity index (χ0n) is 19.4. The molecule has 3 rings (SSSR count). The molecule has 0 aromatic heterocycles. The molecule has 2 saturated heterocycles. The fraction of sp³-hybridized carbons (Fsp3) is 0.696. The van der Waals surface area contributed by atoms with Gasteiger partial charge in [0.25, 0.3) is 0 Å². The van der Waals surface area contributed by atoms with E-state index in [0.717, 1.165) is 38.6 Å². The van der Waals surface area contributed by atoms with Gasteiger partial charge in [0, 0.05) is 38.5 Å². The van der Waals surface area contributed by atoms with E-state index in [2.05, 4.69) is 52.4 Å². The molecule has 2 unspecified atom stereocenters. The van der Waals surface area contributed by atoms with E-state index in [1.165, 1.54) is 31.2 Å². The van der Waals surface area contributed by atoms with E-state index in [4.69, 9.17) is 4.99 Å². The summed E-state index contributed by atoms with van der Waals surface area (Å²) < 4.78 is 23.3. The molecule has 0 radical (unpaired) electrons. The van der Waals surface area contributed by atoms with Crippen molar-refractivity contribution >= 4 is 39.8 Å². The fourth-order valence-corrected chi connectivity index (χ4v) is 4.82. The van der Waals surface area contributed by atoms with Crippen molar-refractivity contribution in [1.82, 2.24) is 15.1 Å². The van der Waals surface area contributed by atoms with Crippen LogP contribution in [-0.4, -0.2) is 73.9 Å². The summed E-state index contributed by atoms with van der Waals surface area (Å²) >= 11 is 0. The Kier molecular flexibility index (Phi) is 9.63. The van der Waals surface area contributed by atoms with Crippen LogP contribution in [-0.2, 0) is 16.4 Å². The van der Waals surface area contributed by atoms with Crippen LogP contribution in [0.25, 0.3) is 0 Å². The summed E-state index contributed by atoms with van der Waals surface area (Å²) in [6.07, 6.45) is 4.90. The minimum absolute atomic E-state index is 0. The number of sulfone groups is 1. The topological polar surface area (TPSA) is 65.0 Å². The molecule has 2 aliphatic rings. The average molecular weight is 563 g/mol. The van der Waals surface area contributed by atoms with E-state index in [1.54, 1.807) is 13.8 Å². The van der Waals surface area contributed by atoms with Crippen LogP contribution in [0.3, 0.4) is 0 Å². The Morgan fingerprint density at radius 3 is 2.55 bits per heavy atom. The number of piperidine rings is 2. The van der Waals surface area contributed by atoms with Gasteiger partial charge in [0.15, 0.2) is 15.8 Å². The quantitative estimate of drug-likeness (QED) is 0.327. The molecule has 1 aromatic rings. The number of nitrogens with one attached hydrogen (secondary N) is 1. The molecule has 1 aromatic carbocycles. The summed E-state index contributed by atoms with van der Waals surface area (Å²) in [5, 5.41) is 3.39. The molecular formula is C23H39IN4O2S. The van der Waals surface area contributed by atoms with Crippen LogP contribution < -0.4 is 5.32 Å². The van der Waals surface area contributed by atoms with Gasteiger partial charge in [-0.1, -0.05) is 30.3 Å². The smallest absolute Gasteiger partial charge is 0.193 e. The molecule has 1 N–H and O–H groups in total. The first kappa shape index (κ1) is 26.4. The second kappa shape index (κ2) is 11.3. The van der Waals surface area contributed by atoms with Crippen molar-refractivity contribution in [2.24, 2.45) is 10.9 Å². The molecule has 0 amide bonds. The van der Waals surface area contributed by atoms with Crippen LogP contribution in [0.4, 0.5) is 0 Å². The molecule has 6 nitrogen and oxygen atoms in total. The van der Waals surface area contributed by atoms with Crippen molar-refractivity contribution in [3.05, 3.63) is 35.9 Å². The van der Waals surface area contributed by atoms with Gasteiger partial charge in [0.05, 0.1) is 11.3 Å². The Balaban J connectivity index is 0.00000341. The highest BCUT2D eigenvalue weighted by atomic mass is 127. The first-order valence-electron chi connectivity index (χ1n) is 11.2. The first-order valence-corrected chi connectivity index (χ1v) is 13.1. The Bertz CT molecular complexity index is 829. The number of benzene rings is 1. The molecule has 0 aliphatic carbocycles. The maximum Gasteiger partial charge on any atom is 0.193 e. The van der Waals surface area contributed by atoms with Gasteiger partial charge in [-0.15, -0.1) is 24.0 Å². The van der Waals surface area contributed by atoms with Gasteiger partial charge in [-0.2, -0.15) is 0 Å². The fourth-order valence-electron chi connectivity index (χ4n) is 4.52. The molecular weight excluding hydrogens is 523 g/mol. The Labute approximate surface area is 205 Å². The summed E-state index contributed by atoms with van der Waals surface area (Å²) in [6.45, 7) is 10.8. The van der Waals surface area contributed by atoms with Gasteiger partial charge in [-0.25, -0.2) is 8.42 Å². The lowest BCUT2D eigenvalue weighted by Gasteiger charge is -2.48. The lowest BCUT2D eigenvalue weighted by atomic mass is 9.83. The number of hydrogen-bond acceptors (Lipinski definition) is 4. The summed E-state index contributed by atoms with van der Waals surface area (Å²) in [7, 11) is -3.16. The van der Waals surface area contributed by atoms with Gasteiger partial charge in [-0.3, -0.25) is 9.89 Å². The minimum atomic E-state index is -3.16. The maximum absolute atomic E-state index is 12.1. The van der Waals surface area contributed by atoms with Crippen molar-refractivity contribution in [2.45, 2.75) is 57.4 Å². The van der Waals surface area contributed by atoms with Crippen LogP contribution in [0.5, 0.6) is 0 Å². The summed E-state index contributed by atoms with van der Waals surface area (Å²) in [4.78, 5) is 9.75. The van der Waals surface area contributed by atoms with Crippen LogP contribution in [0, 0.1) is 5.92 Å². The Morgan fingerprint density at radius 1 is 1.19 bits per heavy atom. The molecule has 2 aliphatic heterocycles. The number of fused-ring (bicyclic) bond motifs is 1. The van der Waals surface area contributed by atoms with Crippen molar-refractivity contribution in [3.8, 4) is 0 Å². The molecule has 8 heteroatoms. The average Bonchev–Trinajstić information content (AvgIpc) is 2.71. The van der Waals surface area contributed by atoms with Crippen LogP contribution in [0.15, 0.2) is 35.3 Å². The van der Waals surface area contributed by atoms with Gasteiger partial charge in [0.2, 0.25) is 0 Å². The summed E-state index contributed by atoms with van der Waals surface area (Å²) in [5.41, 5.74) is 1.39. The molecule has 2 fully saturated rings. The van der Waals surface area contributed by atoms with E-state index >= 15 is 0 Å². The van der Waals surface area contributed by atoms with Crippen LogP contribution >= 0.6 is 24.0 Å². The second-order valence-electron chi connectivity index (χ2n) is 9.36. The Hall–Kier alpha value is -0.870. The third kappa shape index (κ3) is 6.81. The zero-order valence-corrected chi connectivity index (χ0v) is 22.5. The molecule has 2 heterocycles. The summed E-state index contributed by atoms with van der Waals surface area (Å²) in [6, 6.07) is 11.4. The maximum atomic E-state index is 12.1. The molecule has 0 bridgehead atoms. The molecule has 0 spiro atoms. The van der Waals surface area contributed by atoms with Crippen molar-refractivity contribution in [1.29, 1.82) is 0 Å². The molecule has 2 atom stereocenters. The highest BCUT2D eigenvalue weighted by Crippen LogP contribution is 2.31. The summed E-state index contributed by atoms with van der Waals surface area (Å²) in [5.74, 6) is 1.48.